The van der Waals surface area contributed by atoms with E-state index in [1.807, 2.05) is 24.3 Å². The van der Waals surface area contributed by atoms with E-state index in [1.165, 1.54) is 5.56 Å². The summed E-state index contributed by atoms with van der Waals surface area (Å²) in [4.78, 5) is 11.7. The SMILES string of the molecule is O=C(CNCCc1ccsc1)Nc1ccccc1Br. The molecule has 0 aliphatic carbocycles. The van der Waals surface area contributed by atoms with Crippen LogP contribution in [0.1, 0.15) is 5.56 Å². The Bertz CT molecular complexity index is 528. The monoisotopic (exact) mass is 338 g/mol. The fourth-order valence-corrected chi connectivity index (χ4v) is 2.71. The number of rotatable bonds is 6. The van der Waals surface area contributed by atoms with E-state index in [0.717, 1.165) is 23.1 Å². The Morgan fingerprint density at radius 2 is 2.11 bits per heavy atom. The molecule has 2 N–H and O–H groups in total. The quantitative estimate of drug-likeness (QED) is 0.793. The molecular formula is C14H15BrN2OS. The van der Waals surface area contributed by atoms with Crippen LogP contribution in [-0.2, 0) is 11.2 Å². The van der Waals surface area contributed by atoms with E-state index in [1.54, 1.807) is 11.3 Å². The molecule has 2 rings (SSSR count). The van der Waals surface area contributed by atoms with Gasteiger partial charge in [0.25, 0.3) is 0 Å². The second-order valence-corrected chi connectivity index (χ2v) is 5.72. The van der Waals surface area contributed by atoms with E-state index >= 15 is 0 Å². The maximum atomic E-state index is 11.7. The second kappa shape index (κ2) is 7.43. The molecule has 2 aromatic rings. The van der Waals surface area contributed by atoms with Gasteiger partial charge in [-0.2, -0.15) is 11.3 Å². The van der Waals surface area contributed by atoms with Crippen molar-refractivity contribution in [3.63, 3.8) is 0 Å². The third-order valence-corrected chi connectivity index (χ3v) is 4.03. The summed E-state index contributed by atoms with van der Waals surface area (Å²) in [6, 6.07) is 9.68. The van der Waals surface area contributed by atoms with Crippen LogP contribution in [0.2, 0.25) is 0 Å². The van der Waals surface area contributed by atoms with E-state index in [2.05, 4.69) is 43.4 Å². The van der Waals surface area contributed by atoms with Crippen LogP contribution in [0, 0.1) is 0 Å². The number of amides is 1. The Hall–Kier alpha value is -1.17. The zero-order chi connectivity index (χ0) is 13.5. The number of nitrogens with one attached hydrogen (secondary N) is 2. The number of carbonyl (C=O) groups excluding carboxylic acids is 1. The largest absolute Gasteiger partial charge is 0.324 e. The van der Waals surface area contributed by atoms with Crippen LogP contribution in [0.3, 0.4) is 0 Å². The van der Waals surface area contributed by atoms with Crippen molar-refractivity contribution in [3.05, 3.63) is 51.1 Å². The van der Waals surface area contributed by atoms with Gasteiger partial charge >= 0.3 is 0 Å². The first-order valence-corrected chi connectivity index (χ1v) is 7.75. The molecule has 0 aliphatic rings. The average Bonchev–Trinajstić information content (AvgIpc) is 2.91. The van der Waals surface area contributed by atoms with Crippen molar-refractivity contribution < 1.29 is 4.79 Å². The zero-order valence-electron chi connectivity index (χ0n) is 10.4. The van der Waals surface area contributed by atoms with Crippen LogP contribution in [0.15, 0.2) is 45.6 Å². The van der Waals surface area contributed by atoms with Gasteiger partial charge in [-0.3, -0.25) is 4.79 Å². The van der Waals surface area contributed by atoms with E-state index in [-0.39, 0.29) is 5.91 Å². The highest BCUT2D eigenvalue weighted by Gasteiger charge is 2.04. The third kappa shape index (κ3) is 4.78. The Morgan fingerprint density at radius 1 is 1.26 bits per heavy atom. The van der Waals surface area contributed by atoms with Crippen molar-refractivity contribution in [2.24, 2.45) is 0 Å². The molecule has 3 nitrogen and oxygen atoms in total. The topological polar surface area (TPSA) is 41.1 Å². The van der Waals surface area contributed by atoms with Gasteiger partial charge in [0.15, 0.2) is 0 Å². The molecule has 0 aliphatic heterocycles. The van der Waals surface area contributed by atoms with Gasteiger partial charge in [0.05, 0.1) is 12.2 Å². The van der Waals surface area contributed by atoms with Crippen LogP contribution in [0.25, 0.3) is 0 Å². The molecule has 0 radical (unpaired) electrons. The van der Waals surface area contributed by atoms with Gasteiger partial charge in [-0.15, -0.1) is 0 Å². The van der Waals surface area contributed by atoms with Crippen LogP contribution < -0.4 is 10.6 Å². The Labute approximate surface area is 125 Å². The van der Waals surface area contributed by atoms with Crippen molar-refractivity contribution in [1.29, 1.82) is 0 Å². The molecule has 0 bridgehead atoms. The summed E-state index contributed by atoms with van der Waals surface area (Å²) < 4.78 is 0.890. The summed E-state index contributed by atoms with van der Waals surface area (Å²) in [7, 11) is 0. The highest BCUT2D eigenvalue weighted by Crippen LogP contribution is 2.20. The Morgan fingerprint density at radius 3 is 2.84 bits per heavy atom. The molecule has 1 aromatic heterocycles. The van der Waals surface area contributed by atoms with Crippen molar-refractivity contribution in [3.8, 4) is 0 Å². The molecule has 0 saturated heterocycles. The van der Waals surface area contributed by atoms with Crippen LogP contribution >= 0.6 is 27.3 Å². The predicted octanol–water partition coefficient (Wildman–Crippen LogP) is 3.28. The smallest absolute Gasteiger partial charge is 0.238 e. The number of halogens is 1. The lowest BCUT2D eigenvalue weighted by molar-refractivity contribution is -0.115. The number of hydrogen-bond donors (Lipinski definition) is 2. The van der Waals surface area contributed by atoms with Gasteiger partial charge in [-0.25, -0.2) is 0 Å². The lowest BCUT2D eigenvalue weighted by Gasteiger charge is -2.07. The minimum Gasteiger partial charge on any atom is -0.324 e. The molecule has 5 heteroatoms. The van der Waals surface area contributed by atoms with Crippen LogP contribution in [0.5, 0.6) is 0 Å². The fraction of sp³-hybridized carbons (Fsp3) is 0.214. The van der Waals surface area contributed by atoms with Crippen molar-refractivity contribution in [2.45, 2.75) is 6.42 Å². The van der Waals surface area contributed by atoms with E-state index in [9.17, 15) is 4.79 Å². The third-order valence-electron chi connectivity index (χ3n) is 2.60. The molecule has 0 fully saturated rings. The molecule has 100 valence electrons. The summed E-state index contributed by atoms with van der Waals surface area (Å²) in [5.41, 5.74) is 2.11. The van der Waals surface area contributed by atoms with E-state index < -0.39 is 0 Å². The van der Waals surface area contributed by atoms with Gasteiger partial charge in [0.2, 0.25) is 5.91 Å². The fourth-order valence-electron chi connectivity index (χ4n) is 1.63. The molecule has 19 heavy (non-hydrogen) atoms. The highest BCUT2D eigenvalue weighted by molar-refractivity contribution is 9.10. The summed E-state index contributed by atoms with van der Waals surface area (Å²) in [6.45, 7) is 1.13. The summed E-state index contributed by atoms with van der Waals surface area (Å²) >= 11 is 5.09. The van der Waals surface area contributed by atoms with Crippen molar-refractivity contribution >= 4 is 38.9 Å². The predicted molar refractivity (Wildman–Crippen MR) is 83.7 cm³/mol. The van der Waals surface area contributed by atoms with E-state index in [0.29, 0.717) is 6.54 Å². The highest BCUT2D eigenvalue weighted by atomic mass is 79.9. The van der Waals surface area contributed by atoms with Gasteiger partial charge < -0.3 is 10.6 Å². The van der Waals surface area contributed by atoms with E-state index in [4.69, 9.17) is 0 Å². The first-order chi connectivity index (χ1) is 9.25. The molecular weight excluding hydrogens is 324 g/mol. The number of benzene rings is 1. The standard InChI is InChI=1S/C14H15BrN2OS/c15-12-3-1-2-4-13(12)17-14(18)9-16-7-5-11-6-8-19-10-11/h1-4,6,8,10,16H,5,7,9H2,(H,17,18). The molecule has 1 heterocycles. The molecule has 1 aromatic carbocycles. The van der Waals surface area contributed by atoms with Gasteiger partial charge in [-0.1, -0.05) is 12.1 Å². The zero-order valence-corrected chi connectivity index (χ0v) is 12.8. The lowest BCUT2D eigenvalue weighted by atomic mass is 10.2. The number of hydrogen-bond acceptors (Lipinski definition) is 3. The van der Waals surface area contributed by atoms with Crippen LogP contribution in [-0.4, -0.2) is 19.0 Å². The van der Waals surface area contributed by atoms with Gasteiger partial charge in [0.1, 0.15) is 0 Å². The summed E-state index contributed by atoms with van der Waals surface area (Å²) in [5.74, 6) is -0.0304. The average molecular weight is 339 g/mol. The van der Waals surface area contributed by atoms with Gasteiger partial charge in [0, 0.05) is 4.47 Å². The lowest BCUT2D eigenvalue weighted by Crippen LogP contribution is -2.29. The molecule has 0 unspecified atom stereocenters. The van der Waals surface area contributed by atoms with Crippen molar-refractivity contribution in [1.82, 2.24) is 5.32 Å². The number of thiophene rings is 1. The molecule has 1 amide bonds. The molecule has 0 atom stereocenters. The second-order valence-electron chi connectivity index (χ2n) is 4.09. The first kappa shape index (κ1) is 14.2. The maximum absolute atomic E-state index is 11.7. The van der Waals surface area contributed by atoms with Crippen molar-refractivity contribution in [2.75, 3.05) is 18.4 Å². The number of anilines is 1. The van der Waals surface area contributed by atoms with Gasteiger partial charge in [-0.05, 0) is 63.4 Å². The molecule has 0 saturated carbocycles. The first-order valence-electron chi connectivity index (χ1n) is 6.02. The minimum atomic E-state index is -0.0304. The van der Waals surface area contributed by atoms with Crippen LogP contribution in [0.4, 0.5) is 5.69 Å². The number of carbonyl (C=O) groups is 1. The molecule has 0 spiro atoms. The Kier molecular flexibility index (Phi) is 5.57. The Balaban J connectivity index is 1.69. The maximum Gasteiger partial charge on any atom is 0.238 e. The number of para-hydroxylation sites is 1. The summed E-state index contributed by atoms with van der Waals surface area (Å²) in [5, 5.41) is 10.2. The summed E-state index contributed by atoms with van der Waals surface area (Å²) in [6.07, 6.45) is 0.950. The minimum absolute atomic E-state index is 0.0304. The normalized spacial score (nSPS) is 10.4.